The number of hydrogen-bond acceptors (Lipinski definition) is 7. The van der Waals surface area contributed by atoms with Gasteiger partial charge in [-0.2, -0.15) is 0 Å². The van der Waals surface area contributed by atoms with E-state index in [1.54, 1.807) is 0 Å². The van der Waals surface area contributed by atoms with E-state index in [-0.39, 0.29) is 11.4 Å². The number of aliphatic hydroxyl groups excluding tert-OH is 1. The molecule has 0 saturated carbocycles. The molecule has 116 valence electrons. The number of carboxylic acid groups (broad SMARTS) is 2. The third-order valence-electron chi connectivity index (χ3n) is 3.18. The van der Waals surface area contributed by atoms with Crippen molar-refractivity contribution in [2.75, 3.05) is 5.75 Å². The van der Waals surface area contributed by atoms with Crippen LogP contribution in [0.1, 0.15) is 6.92 Å². The van der Waals surface area contributed by atoms with Crippen LogP contribution in [0.2, 0.25) is 0 Å². The molecule has 5 N–H and O–H groups in total. The lowest BCUT2D eigenvalue weighted by Gasteiger charge is -2.43. The van der Waals surface area contributed by atoms with Crippen LogP contribution in [0.3, 0.4) is 0 Å². The molecule has 2 aliphatic heterocycles. The van der Waals surface area contributed by atoms with Gasteiger partial charge in [0.25, 0.3) is 0 Å². The van der Waals surface area contributed by atoms with Gasteiger partial charge in [-0.25, -0.2) is 4.79 Å². The largest absolute Gasteiger partial charge is 0.480 e. The topological polar surface area (TPSA) is 141 Å². The van der Waals surface area contributed by atoms with E-state index in [0.29, 0.717) is 4.24 Å². The number of aliphatic hydroxyl groups is 1. The fraction of sp³-hybridized carbons (Fsp3) is 0.545. The van der Waals surface area contributed by atoms with Gasteiger partial charge in [-0.05, 0) is 6.92 Å². The van der Waals surface area contributed by atoms with Gasteiger partial charge < -0.3 is 21.1 Å². The van der Waals surface area contributed by atoms with E-state index in [1.165, 1.54) is 6.92 Å². The number of hydrogen-bond donors (Lipinski definition) is 4. The van der Waals surface area contributed by atoms with E-state index in [1.807, 2.05) is 0 Å². The number of nitrogens with two attached hydrogens (primary N) is 1. The van der Waals surface area contributed by atoms with Gasteiger partial charge in [0.15, 0.2) is 5.70 Å². The zero-order chi connectivity index (χ0) is 15.9. The third-order valence-corrected chi connectivity index (χ3v) is 5.96. The lowest BCUT2D eigenvalue weighted by atomic mass is 9.92. The van der Waals surface area contributed by atoms with Crippen LogP contribution in [-0.4, -0.2) is 61.3 Å². The molecule has 0 unspecified atom stereocenters. The van der Waals surface area contributed by atoms with Crippen molar-refractivity contribution in [1.82, 2.24) is 4.90 Å². The highest BCUT2D eigenvalue weighted by Gasteiger charge is 2.57. The minimum Gasteiger partial charge on any atom is -0.480 e. The molecular weight excluding hydrogens is 320 g/mol. The van der Waals surface area contributed by atoms with Crippen molar-refractivity contribution in [3.05, 3.63) is 9.93 Å². The number of carboxylic acids is 2. The SMILES string of the molecule is C[C@@H](O)[C@H]1C(=O)N2C(C(=O)O)=C(SC[C@@H](N)C(=O)O)S[C@H]12. The maximum Gasteiger partial charge on any atom is 0.354 e. The molecule has 0 aliphatic carbocycles. The molecule has 10 heteroatoms. The van der Waals surface area contributed by atoms with Crippen molar-refractivity contribution in [1.29, 1.82) is 0 Å². The number of rotatable bonds is 6. The van der Waals surface area contributed by atoms with Crippen LogP contribution in [0.5, 0.6) is 0 Å². The monoisotopic (exact) mass is 334 g/mol. The summed E-state index contributed by atoms with van der Waals surface area (Å²) >= 11 is 2.15. The Bertz CT molecular complexity index is 535. The highest BCUT2D eigenvalue weighted by Crippen LogP contribution is 2.53. The van der Waals surface area contributed by atoms with E-state index >= 15 is 0 Å². The normalized spacial score (nSPS) is 27.2. The summed E-state index contributed by atoms with van der Waals surface area (Å²) in [7, 11) is 0. The molecule has 0 spiro atoms. The molecular formula is C11H14N2O6S2. The van der Waals surface area contributed by atoms with Crippen molar-refractivity contribution in [3.8, 4) is 0 Å². The molecule has 2 aliphatic rings. The molecule has 0 aromatic carbocycles. The van der Waals surface area contributed by atoms with Gasteiger partial charge >= 0.3 is 11.9 Å². The standard InChI is InChI=1S/C11H14N2O6S2/c1-3(14)5-7(15)13-6(10(18)19)11(21-8(5)13)20-2-4(12)9(16)17/h3-5,8,14H,2,12H2,1H3,(H,16,17)(H,18,19)/t3-,4-,5+,8-/m1/s1. The van der Waals surface area contributed by atoms with Gasteiger partial charge in [0.2, 0.25) is 5.91 Å². The van der Waals surface area contributed by atoms with E-state index in [0.717, 1.165) is 28.4 Å². The van der Waals surface area contributed by atoms with E-state index < -0.39 is 41.3 Å². The first-order valence-electron chi connectivity index (χ1n) is 6.02. The molecule has 4 atom stereocenters. The van der Waals surface area contributed by atoms with E-state index in [4.69, 9.17) is 10.8 Å². The lowest BCUT2D eigenvalue weighted by molar-refractivity contribution is -0.156. The second-order valence-corrected chi connectivity index (χ2v) is 7.10. The molecule has 0 aromatic heterocycles. The van der Waals surface area contributed by atoms with Crippen LogP contribution >= 0.6 is 23.5 Å². The Labute approximate surface area is 128 Å². The second-order valence-electron chi connectivity index (χ2n) is 4.68. The molecule has 0 radical (unpaired) electrons. The smallest absolute Gasteiger partial charge is 0.354 e. The summed E-state index contributed by atoms with van der Waals surface area (Å²) in [6, 6.07) is -1.12. The molecule has 2 heterocycles. The summed E-state index contributed by atoms with van der Waals surface area (Å²) in [5.74, 6) is -3.51. The number of β-lactam (4-membered cyclic amide) rings is 1. The first kappa shape index (κ1) is 16.1. The van der Waals surface area contributed by atoms with Crippen molar-refractivity contribution in [2.45, 2.75) is 24.4 Å². The summed E-state index contributed by atoms with van der Waals surface area (Å²) in [5.41, 5.74) is 5.23. The first-order valence-corrected chi connectivity index (χ1v) is 7.88. The summed E-state index contributed by atoms with van der Waals surface area (Å²) in [6.45, 7) is 1.48. The number of amides is 1. The maximum absolute atomic E-state index is 11.9. The van der Waals surface area contributed by atoms with Gasteiger partial charge in [-0.3, -0.25) is 14.5 Å². The van der Waals surface area contributed by atoms with Crippen LogP contribution in [0.15, 0.2) is 9.93 Å². The summed E-state index contributed by atoms with van der Waals surface area (Å²) in [6.07, 6.45) is -0.869. The average Bonchev–Trinajstić information content (AvgIpc) is 2.69. The molecule has 1 fully saturated rings. The Morgan fingerprint density at radius 1 is 1.48 bits per heavy atom. The Morgan fingerprint density at radius 3 is 2.57 bits per heavy atom. The van der Waals surface area contributed by atoms with Gasteiger partial charge in [-0.1, -0.05) is 11.8 Å². The second kappa shape index (κ2) is 5.87. The molecule has 8 nitrogen and oxygen atoms in total. The van der Waals surface area contributed by atoms with Crippen molar-refractivity contribution >= 4 is 41.4 Å². The number of aliphatic carboxylic acids is 2. The zero-order valence-corrected chi connectivity index (χ0v) is 12.6. The van der Waals surface area contributed by atoms with Crippen LogP contribution < -0.4 is 5.73 Å². The highest BCUT2D eigenvalue weighted by molar-refractivity contribution is 8.22. The molecule has 0 aromatic rings. The third kappa shape index (κ3) is 2.76. The molecule has 2 rings (SSSR count). The Kier molecular flexibility index (Phi) is 4.51. The van der Waals surface area contributed by atoms with Crippen molar-refractivity contribution in [2.24, 2.45) is 11.7 Å². The Hall–Kier alpha value is -1.23. The van der Waals surface area contributed by atoms with Gasteiger partial charge in [0.1, 0.15) is 11.4 Å². The molecule has 1 amide bonds. The van der Waals surface area contributed by atoms with Crippen molar-refractivity contribution in [3.63, 3.8) is 0 Å². The number of thioether (sulfide) groups is 2. The van der Waals surface area contributed by atoms with Gasteiger partial charge in [0.05, 0.1) is 16.3 Å². The van der Waals surface area contributed by atoms with Crippen molar-refractivity contribution < 1.29 is 29.7 Å². The summed E-state index contributed by atoms with van der Waals surface area (Å²) in [5, 5.41) is 27.1. The number of fused-ring (bicyclic) bond motifs is 1. The predicted molar refractivity (Wildman–Crippen MR) is 76.1 cm³/mol. The van der Waals surface area contributed by atoms with E-state index in [9.17, 15) is 24.6 Å². The fourth-order valence-corrected chi connectivity index (χ4v) is 4.98. The fourth-order valence-electron chi connectivity index (χ4n) is 2.09. The van der Waals surface area contributed by atoms with Gasteiger partial charge in [-0.15, -0.1) is 11.8 Å². The quantitative estimate of drug-likeness (QED) is 0.464. The molecule has 21 heavy (non-hydrogen) atoms. The highest BCUT2D eigenvalue weighted by atomic mass is 32.2. The predicted octanol–water partition coefficient (Wildman–Crippen LogP) is -0.703. The van der Waals surface area contributed by atoms with Crippen LogP contribution in [0, 0.1) is 5.92 Å². The minimum atomic E-state index is -1.26. The van der Waals surface area contributed by atoms with Crippen LogP contribution in [0.25, 0.3) is 0 Å². The first-order chi connectivity index (χ1) is 9.75. The zero-order valence-electron chi connectivity index (χ0n) is 10.9. The summed E-state index contributed by atoms with van der Waals surface area (Å²) < 4.78 is 0.348. The molecule has 1 saturated heterocycles. The number of nitrogens with zero attached hydrogens (tertiary/aromatic N) is 1. The number of carbonyl (C=O) groups excluding carboxylic acids is 1. The van der Waals surface area contributed by atoms with E-state index in [2.05, 4.69) is 0 Å². The Morgan fingerprint density at radius 2 is 2.10 bits per heavy atom. The van der Waals surface area contributed by atoms with Crippen LogP contribution in [-0.2, 0) is 14.4 Å². The summed E-state index contributed by atoms with van der Waals surface area (Å²) in [4.78, 5) is 35.0. The Balaban J connectivity index is 2.15. The minimum absolute atomic E-state index is 0.00252. The van der Waals surface area contributed by atoms with Crippen LogP contribution in [0.4, 0.5) is 0 Å². The van der Waals surface area contributed by atoms with Gasteiger partial charge in [0, 0.05) is 5.75 Å². The average molecular weight is 334 g/mol. The molecule has 0 bridgehead atoms. The number of carbonyl (C=O) groups is 3. The maximum atomic E-state index is 11.9. The lowest BCUT2D eigenvalue weighted by Crippen LogP contribution is -2.60.